The molecule has 0 aliphatic carbocycles. The van der Waals surface area contributed by atoms with Gasteiger partial charge in [-0.25, -0.2) is 0 Å². The van der Waals surface area contributed by atoms with Gasteiger partial charge in [0.05, 0.1) is 19.3 Å². The van der Waals surface area contributed by atoms with Crippen molar-refractivity contribution in [2.24, 2.45) is 0 Å². The number of methoxy groups -OCH3 is 1. The molecule has 0 aliphatic heterocycles. The Morgan fingerprint density at radius 3 is 2.40 bits per heavy atom. The monoisotopic (exact) mass is 212 g/mol. The topological polar surface area (TPSA) is 69.9 Å². The molecule has 4 nitrogen and oxygen atoms in total. The third-order valence-corrected chi connectivity index (χ3v) is 2.42. The highest BCUT2D eigenvalue weighted by Gasteiger charge is 2.14. The fourth-order valence-corrected chi connectivity index (χ4v) is 1.44. The number of benzene rings is 1. The maximum Gasteiger partial charge on any atom is 0.126 e. The van der Waals surface area contributed by atoms with E-state index < -0.39 is 0 Å². The van der Waals surface area contributed by atoms with Crippen LogP contribution in [-0.4, -0.2) is 22.4 Å². The highest BCUT2D eigenvalue weighted by Crippen LogP contribution is 2.31. The normalized spacial score (nSPS) is 12.8. The van der Waals surface area contributed by atoms with Crippen LogP contribution in [0.1, 0.15) is 29.7 Å². The molecule has 0 radical (unpaired) electrons. The number of aliphatic hydroxyl groups is 2. The van der Waals surface area contributed by atoms with Crippen molar-refractivity contribution in [3.05, 3.63) is 28.8 Å². The van der Waals surface area contributed by atoms with Gasteiger partial charge in [-0.15, -0.1) is 0 Å². The molecule has 0 aromatic heterocycles. The van der Waals surface area contributed by atoms with Crippen molar-refractivity contribution in [2.75, 3.05) is 7.11 Å². The van der Waals surface area contributed by atoms with Gasteiger partial charge in [0.25, 0.3) is 0 Å². The zero-order valence-electron chi connectivity index (χ0n) is 8.90. The van der Waals surface area contributed by atoms with Crippen molar-refractivity contribution in [3.8, 4) is 5.75 Å². The third-order valence-electron chi connectivity index (χ3n) is 2.42. The molecule has 1 atom stereocenters. The van der Waals surface area contributed by atoms with Crippen molar-refractivity contribution in [3.63, 3.8) is 0 Å². The number of aromatic hydroxyl groups is 1. The van der Waals surface area contributed by atoms with Gasteiger partial charge in [-0.05, 0) is 24.6 Å². The van der Waals surface area contributed by atoms with Gasteiger partial charge < -0.3 is 20.1 Å². The first kappa shape index (κ1) is 12.0. The molecule has 3 N–H and O–H groups in total. The first-order valence-electron chi connectivity index (χ1n) is 4.73. The second-order valence-corrected chi connectivity index (χ2v) is 3.39. The molecule has 0 bridgehead atoms. The second kappa shape index (κ2) is 5.11. The highest BCUT2D eigenvalue weighted by molar-refractivity contribution is 5.44. The molecule has 1 aromatic rings. The molecule has 0 heterocycles. The molecule has 0 spiro atoms. The lowest BCUT2D eigenvalue weighted by molar-refractivity contribution is 0.116. The standard InChI is InChI=1S/C11H16O4/c1-7(15-2)10-4-8(5-12)3-9(6-13)11(10)14/h3-4,7,12-14H,5-6H2,1-2H3. The van der Waals surface area contributed by atoms with Gasteiger partial charge in [0, 0.05) is 18.2 Å². The summed E-state index contributed by atoms with van der Waals surface area (Å²) in [6.45, 7) is 1.40. The fraction of sp³-hybridized carbons (Fsp3) is 0.455. The van der Waals surface area contributed by atoms with Crippen molar-refractivity contribution < 1.29 is 20.1 Å². The lowest BCUT2D eigenvalue weighted by Crippen LogP contribution is -2.01. The molecule has 4 heteroatoms. The first-order valence-corrected chi connectivity index (χ1v) is 4.73. The molecular weight excluding hydrogens is 196 g/mol. The summed E-state index contributed by atoms with van der Waals surface area (Å²) in [7, 11) is 1.54. The number of hydrogen-bond acceptors (Lipinski definition) is 4. The molecule has 0 saturated heterocycles. The Balaban J connectivity index is 3.23. The van der Waals surface area contributed by atoms with E-state index in [9.17, 15) is 5.11 Å². The molecule has 0 amide bonds. The fourth-order valence-electron chi connectivity index (χ4n) is 1.44. The van der Waals surface area contributed by atoms with Crippen LogP contribution in [0.2, 0.25) is 0 Å². The Morgan fingerprint density at radius 2 is 1.93 bits per heavy atom. The Hall–Kier alpha value is -1.10. The van der Waals surface area contributed by atoms with Crippen LogP contribution in [0.15, 0.2) is 12.1 Å². The lowest BCUT2D eigenvalue weighted by Gasteiger charge is -2.15. The van der Waals surface area contributed by atoms with E-state index in [4.69, 9.17) is 14.9 Å². The van der Waals surface area contributed by atoms with E-state index in [-0.39, 0.29) is 25.1 Å². The number of ether oxygens (including phenoxy) is 1. The molecule has 84 valence electrons. The van der Waals surface area contributed by atoms with Crippen molar-refractivity contribution in [1.82, 2.24) is 0 Å². The van der Waals surface area contributed by atoms with Crippen LogP contribution in [0.25, 0.3) is 0 Å². The summed E-state index contributed by atoms with van der Waals surface area (Å²) in [5.74, 6) is 0.0315. The van der Waals surface area contributed by atoms with Gasteiger partial charge >= 0.3 is 0 Å². The van der Waals surface area contributed by atoms with E-state index in [1.165, 1.54) is 7.11 Å². The van der Waals surface area contributed by atoms with E-state index in [0.717, 1.165) is 0 Å². The Labute approximate surface area is 88.8 Å². The predicted molar refractivity (Wildman–Crippen MR) is 55.4 cm³/mol. The second-order valence-electron chi connectivity index (χ2n) is 3.39. The maximum atomic E-state index is 9.79. The van der Waals surface area contributed by atoms with Crippen LogP contribution in [0, 0.1) is 0 Å². The van der Waals surface area contributed by atoms with E-state index in [1.54, 1.807) is 19.1 Å². The average Bonchev–Trinajstić information content (AvgIpc) is 2.28. The smallest absolute Gasteiger partial charge is 0.126 e. The maximum absolute atomic E-state index is 9.79. The van der Waals surface area contributed by atoms with E-state index in [0.29, 0.717) is 16.7 Å². The van der Waals surface area contributed by atoms with Gasteiger partial charge in [0.1, 0.15) is 5.75 Å². The molecule has 15 heavy (non-hydrogen) atoms. The Bertz CT molecular complexity index is 336. The summed E-state index contributed by atoms with van der Waals surface area (Å²) in [6.07, 6.45) is -0.276. The number of rotatable bonds is 4. The summed E-state index contributed by atoms with van der Waals surface area (Å²) in [5.41, 5.74) is 1.63. The van der Waals surface area contributed by atoms with E-state index >= 15 is 0 Å². The minimum absolute atomic E-state index is 0.0315. The van der Waals surface area contributed by atoms with Crippen molar-refractivity contribution in [2.45, 2.75) is 26.2 Å². The molecule has 1 unspecified atom stereocenters. The van der Waals surface area contributed by atoms with Crippen molar-refractivity contribution in [1.29, 1.82) is 0 Å². The van der Waals surface area contributed by atoms with E-state index in [2.05, 4.69) is 0 Å². The number of aliphatic hydroxyl groups excluding tert-OH is 2. The van der Waals surface area contributed by atoms with E-state index in [1.807, 2.05) is 0 Å². The molecular formula is C11H16O4. The minimum atomic E-state index is -0.276. The zero-order chi connectivity index (χ0) is 11.4. The van der Waals surface area contributed by atoms with Gasteiger partial charge in [0.2, 0.25) is 0 Å². The Morgan fingerprint density at radius 1 is 1.27 bits per heavy atom. The van der Waals surface area contributed by atoms with Gasteiger partial charge in [0.15, 0.2) is 0 Å². The summed E-state index contributed by atoms with van der Waals surface area (Å²) in [6, 6.07) is 3.24. The molecule has 1 aromatic carbocycles. The number of phenols is 1. The molecule has 1 rings (SSSR count). The average molecular weight is 212 g/mol. The lowest BCUT2D eigenvalue weighted by atomic mass is 10.0. The van der Waals surface area contributed by atoms with Crippen molar-refractivity contribution >= 4 is 0 Å². The first-order chi connectivity index (χ1) is 7.13. The van der Waals surface area contributed by atoms with Crippen LogP contribution >= 0.6 is 0 Å². The van der Waals surface area contributed by atoms with Crippen LogP contribution < -0.4 is 0 Å². The third kappa shape index (κ3) is 2.47. The largest absolute Gasteiger partial charge is 0.507 e. The van der Waals surface area contributed by atoms with Gasteiger partial charge in [-0.2, -0.15) is 0 Å². The van der Waals surface area contributed by atoms with Gasteiger partial charge in [-0.1, -0.05) is 0 Å². The summed E-state index contributed by atoms with van der Waals surface area (Å²) >= 11 is 0. The van der Waals surface area contributed by atoms with Crippen LogP contribution in [0.4, 0.5) is 0 Å². The number of hydrogen-bond donors (Lipinski definition) is 3. The molecule has 0 aliphatic rings. The molecule has 0 fully saturated rings. The zero-order valence-corrected chi connectivity index (χ0v) is 8.90. The minimum Gasteiger partial charge on any atom is -0.507 e. The quantitative estimate of drug-likeness (QED) is 0.698. The summed E-state index contributed by atoms with van der Waals surface area (Å²) < 4.78 is 5.09. The van der Waals surface area contributed by atoms with Crippen LogP contribution in [0.3, 0.4) is 0 Å². The van der Waals surface area contributed by atoms with Crippen LogP contribution in [-0.2, 0) is 18.0 Å². The van der Waals surface area contributed by atoms with Crippen LogP contribution in [0.5, 0.6) is 5.75 Å². The molecule has 0 saturated carbocycles. The summed E-state index contributed by atoms with van der Waals surface area (Å²) in [5, 5.41) is 27.8. The SMILES string of the molecule is COC(C)c1cc(CO)cc(CO)c1O. The highest BCUT2D eigenvalue weighted by atomic mass is 16.5. The summed E-state index contributed by atoms with van der Waals surface area (Å²) in [4.78, 5) is 0. The van der Waals surface area contributed by atoms with Gasteiger partial charge in [-0.3, -0.25) is 0 Å². The predicted octanol–water partition coefficient (Wildman–Crippen LogP) is 1.08. The Kier molecular flexibility index (Phi) is 4.08.